The van der Waals surface area contributed by atoms with Gasteiger partial charge in [-0.3, -0.25) is 10.7 Å². The van der Waals surface area contributed by atoms with E-state index < -0.39 is 26.1 Å². The second kappa shape index (κ2) is 8.78. The summed E-state index contributed by atoms with van der Waals surface area (Å²) in [6.45, 7) is 7.83. The lowest BCUT2D eigenvalue weighted by Crippen LogP contribution is -2.40. The van der Waals surface area contributed by atoms with Crippen LogP contribution in [-0.4, -0.2) is 44.2 Å². The number of benzene rings is 1. The van der Waals surface area contributed by atoms with Gasteiger partial charge in [0.05, 0.1) is 16.8 Å². The number of allylic oxidation sites excluding steroid dienone is 1. The van der Waals surface area contributed by atoms with Crippen LogP contribution in [0.2, 0.25) is 25.7 Å². The molecule has 30 heavy (non-hydrogen) atoms. The van der Waals surface area contributed by atoms with E-state index in [1.54, 1.807) is 18.0 Å². The van der Waals surface area contributed by atoms with E-state index in [4.69, 9.17) is 10.5 Å². The molecule has 10 heteroatoms. The molecular formula is C20H27F3N4OSSi. The minimum absolute atomic E-state index is 0.320. The van der Waals surface area contributed by atoms with Gasteiger partial charge in [0.1, 0.15) is 6.73 Å². The highest BCUT2D eigenvalue weighted by atomic mass is 32.2. The Morgan fingerprint density at radius 3 is 2.63 bits per heavy atom. The third-order valence-electron chi connectivity index (χ3n) is 4.82. The van der Waals surface area contributed by atoms with Gasteiger partial charge in [-0.2, -0.15) is 13.2 Å². The predicted octanol–water partition coefficient (Wildman–Crippen LogP) is 5.25. The molecule has 1 atom stereocenters. The summed E-state index contributed by atoms with van der Waals surface area (Å²) in [4.78, 5) is 6.23. The van der Waals surface area contributed by atoms with Crippen LogP contribution in [-0.2, 0) is 11.5 Å². The van der Waals surface area contributed by atoms with Crippen molar-refractivity contribution < 1.29 is 17.9 Å². The van der Waals surface area contributed by atoms with E-state index in [-0.39, 0.29) is 0 Å². The lowest BCUT2D eigenvalue weighted by Gasteiger charge is -2.28. The lowest BCUT2D eigenvalue weighted by molar-refractivity contribution is -0.0860. The van der Waals surface area contributed by atoms with E-state index in [2.05, 4.69) is 24.6 Å². The Morgan fingerprint density at radius 2 is 2.00 bits per heavy atom. The number of fused-ring (bicyclic) bond motifs is 1. The molecule has 1 unspecified atom stereocenters. The van der Waals surface area contributed by atoms with Gasteiger partial charge in [0.15, 0.2) is 6.29 Å². The first kappa shape index (κ1) is 22.9. The number of nitrogens with two attached hydrogens (primary N) is 1. The molecule has 1 aliphatic rings. The number of ether oxygens (including phenoxy) is 1. The summed E-state index contributed by atoms with van der Waals surface area (Å²) in [5.74, 6) is 0. The monoisotopic (exact) mass is 456 g/mol. The normalized spacial score (nSPS) is 17.7. The van der Waals surface area contributed by atoms with Gasteiger partial charge in [0.2, 0.25) is 0 Å². The van der Waals surface area contributed by atoms with Crippen molar-refractivity contribution in [1.82, 2.24) is 4.57 Å². The van der Waals surface area contributed by atoms with Gasteiger partial charge in [0, 0.05) is 43.6 Å². The SMILES string of the molecule is CSc1cccc2c(N3C=C(C(F)(F)F)C=NC3N)cn(COCC[Si](C)(C)C)c12. The Labute approximate surface area is 179 Å². The van der Waals surface area contributed by atoms with Crippen molar-refractivity contribution >= 4 is 42.6 Å². The number of alkyl halides is 3. The van der Waals surface area contributed by atoms with Crippen molar-refractivity contribution in [2.75, 3.05) is 17.8 Å². The number of para-hydroxylation sites is 1. The van der Waals surface area contributed by atoms with E-state index >= 15 is 0 Å². The molecule has 2 aromatic rings. The van der Waals surface area contributed by atoms with Crippen LogP contribution in [0.4, 0.5) is 18.9 Å². The smallest absolute Gasteiger partial charge is 0.361 e. The fourth-order valence-corrected chi connectivity index (χ4v) is 4.56. The fraction of sp³-hybridized carbons (Fsp3) is 0.450. The van der Waals surface area contributed by atoms with Crippen molar-refractivity contribution in [3.63, 3.8) is 0 Å². The molecule has 3 rings (SSSR count). The van der Waals surface area contributed by atoms with Crippen LogP contribution in [0.3, 0.4) is 0 Å². The highest BCUT2D eigenvalue weighted by Crippen LogP contribution is 2.37. The predicted molar refractivity (Wildman–Crippen MR) is 121 cm³/mol. The van der Waals surface area contributed by atoms with Gasteiger partial charge in [-0.1, -0.05) is 31.8 Å². The zero-order valence-electron chi connectivity index (χ0n) is 17.5. The Hall–Kier alpha value is -1.75. The first-order chi connectivity index (χ1) is 14.0. The molecule has 0 aliphatic carbocycles. The molecule has 0 saturated carbocycles. The first-order valence-electron chi connectivity index (χ1n) is 9.61. The maximum absolute atomic E-state index is 13.2. The molecule has 1 aromatic heterocycles. The van der Waals surface area contributed by atoms with Crippen molar-refractivity contribution in [3.05, 3.63) is 36.2 Å². The summed E-state index contributed by atoms with van der Waals surface area (Å²) in [7, 11) is -1.22. The standard InChI is InChI=1S/C20H27F3N4OSSi/c1-29-17-7-5-6-15-16(27-11-14(20(21,22)23)10-25-19(27)24)12-26(18(15)17)13-28-8-9-30(2,3)4/h5-7,10-12,19H,8-9,13,24H2,1-4H3. The highest BCUT2D eigenvalue weighted by molar-refractivity contribution is 7.98. The van der Waals surface area contributed by atoms with Crippen LogP contribution in [0, 0.1) is 0 Å². The number of hydrogen-bond acceptors (Lipinski definition) is 5. The first-order valence-corrected chi connectivity index (χ1v) is 14.5. The molecular weight excluding hydrogens is 429 g/mol. The number of thioether (sulfide) groups is 1. The number of aromatic nitrogens is 1. The molecule has 2 heterocycles. The molecule has 5 nitrogen and oxygen atoms in total. The highest BCUT2D eigenvalue weighted by Gasteiger charge is 2.36. The van der Waals surface area contributed by atoms with E-state index in [0.717, 1.165) is 34.3 Å². The van der Waals surface area contributed by atoms with E-state index in [1.165, 1.54) is 4.90 Å². The van der Waals surface area contributed by atoms with Gasteiger partial charge in [-0.25, -0.2) is 0 Å². The molecule has 1 aromatic carbocycles. The number of nitrogens with zero attached hydrogens (tertiary/aromatic N) is 3. The minimum atomic E-state index is -4.50. The molecule has 0 bridgehead atoms. The van der Waals surface area contributed by atoms with Crippen LogP contribution in [0.15, 0.2) is 46.1 Å². The Bertz CT molecular complexity index is 965. The second-order valence-corrected chi connectivity index (χ2v) is 14.8. The van der Waals surface area contributed by atoms with Crippen molar-refractivity contribution in [2.24, 2.45) is 10.7 Å². The third kappa shape index (κ3) is 5.10. The summed E-state index contributed by atoms with van der Waals surface area (Å²) in [6, 6.07) is 6.80. The minimum Gasteiger partial charge on any atom is -0.361 e. The van der Waals surface area contributed by atoms with Gasteiger partial charge in [-0.15, -0.1) is 11.8 Å². The maximum Gasteiger partial charge on any atom is 0.419 e. The van der Waals surface area contributed by atoms with Gasteiger partial charge in [-0.05, 0) is 18.4 Å². The van der Waals surface area contributed by atoms with Crippen molar-refractivity contribution in [2.45, 2.75) is 49.8 Å². The molecule has 2 N–H and O–H groups in total. The Morgan fingerprint density at radius 1 is 1.27 bits per heavy atom. The van der Waals surface area contributed by atoms with E-state index in [0.29, 0.717) is 19.0 Å². The topological polar surface area (TPSA) is 55.8 Å². The van der Waals surface area contributed by atoms with Crippen molar-refractivity contribution in [3.8, 4) is 0 Å². The molecule has 0 saturated heterocycles. The van der Waals surface area contributed by atoms with Crippen LogP contribution >= 0.6 is 11.8 Å². The summed E-state index contributed by atoms with van der Waals surface area (Å²) < 4.78 is 47.6. The van der Waals surface area contributed by atoms with Crippen molar-refractivity contribution in [1.29, 1.82) is 0 Å². The van der Waals surface area contributed by atoms with Crippen LogP contribution in [0.5, 0.6) is 0 Å². The van der Waals surface area contributed by atoms with Crippen LogP contribution < -0.4 is 10.6 Å². The van der Waals surface area contributed by atoms with Gasteiger partial charge >= 0.3 is 6.18 Å². The summed E-state index contributed by atoms with van der Waals surface area (Å²) in [6.07, 6.45) is 0.147. The largest absolute Gasteiger partial charge is 0.419 e. The zero-order chi connectivity index (χ0) is 22.1. The summed E-state index contributed by atoms with van der Waals surface area (Å²) in [5, 5.41) is 0.806. The average Bonchev–Trinajstić information content (AvgIpc) is 3.02. The molecule has 0 amide bonds. The van der Waals surface area contributed by atoms with Gasteiger partial charge in [0.25, 0.3) is 0 Å². The van der Waals surface area contributed by atoms with Crippen LogP contribution in [0.1, 0.15) is 0 Å². The number of aliphatic imine (C=N–C) groups is 1. The summed E-state index contributed by atoms with van der Waals surface area (Å²) >= 11 is 1.58. The number of halogens is 3. The zero-order valence-corrected chi connectivity index (χ0v) is 19.3. The number of anilines is 1. The van der Waals surface area contributed by atoms with Gasteiger partial charge < -0.3 is 14.2 Å². The van der Waals surface area contributed by atoms with E-state index in [1.807, 2.05) is 29.0 Å². The second-order valence-electron chi connectivity index (χ2n) is 8.37. The Balaban J connectivity index is 1.99. The molecule has 1 aliphatic heterocycles. The third-order valence-corrected chi connectivity index (χ3v) is 7.30. The lowest BCUT2D eigenvalue weighted by atomic mass is 10.2. The van der Waals surface area contributed by atoms with E-state index in [9.17, 15) is 13.2 Å². The molecule has 0 spiro atoms. The molecule has 0 fully saturated rings. The quantitative estimate of drug-likeness (QED) is 0.351. The fourth-order valence-electron chi connectivity index (χ4n) is 3.17. The number of rotatable bonds is 7. The summed E-state index contributed by atoms with van der Waals surface area (Å²) in [5.41, 5.74) is 6.68. The maximum atomic E-state index is 13.2. The molecule has 0 radical (unpaired) electrons. The number of hydrogen-bond donors (Lipinski definition) is 1. The average molecular weight is 457 g/mol. The molecule has 164 valence electrons. The Kier molecular flexibility index (Phi) is 6.71. The van der Waals surface area contributed by atoms with Crippen LogP contribution in [0.25, 0.3) is 10.9 Å².